The summed E-state index contributed by atoms with van der Waals surface area (Å²) in [5.74, 6) is -0.594. The van der Waals surface area contributed by atoms with Gasteiger partial charge in [-0.15, -0.1) is 0 Å². The topological polar surface area (TPSA) is 64.7 Å². The Balaban J connectivity index is 1.94. The van der Waals surface area contributed by atoms with E-state index in [9.17, 15) is 14.0 Å². The number of nitrogens with one attached hydrogen (secondary N) is 2. The molecule has 0 unspecified atom stereocenters. The number of carbonyl (C=O) groups excluding carboxylic acids is 2. The summed E-state index contributed by atoms with van der Waals surface area (Å²) in [6.07, 6.45) is 0. The van der Waals surface area contributed by atoms with Gasteiger partial charge in [-0.1, -0.05) is 30.3 Å². The molecule has 0 bridgehead atoms. The molecule has 0 radical (unpaired) electrons. The largest absolute Gasteiger partial charge is 0.377 e. The fourth-order valence-corrected chi connectivity index (χ4v) is 3.64. The van der Waals surface area contributed by atoms with E-state index in [4.69, 9.17) is 0 Å². The molecule has 3 aromatic carbocycles. The van der Waals surface area contributed by atoms with E-state index in [-0.39, 0.29) is 23.8 Å². The molecule has 0 fully saturated rings. The van der Waals surface area contributed by atoms with Crippen LogP contribution in [0.5, 0.6) is 0 Å². The molecule has 3 amide bonds. The third kappa shape index (κ3) is 6.81. The highest BCUT2D eigenvalue weighted by Crippen LogP contribution is 2.26. The Kier molecular flexibility index (Phi) is 8.24. The van der Waals surface area contributed by atoms with E-state index in [1.807, 2.05) is 81.4 Å². The van der Waals surface area contributed by atoms with Gasteiger partial charge in [0.05, 0.1) is 0 Å². The molecule has 0 aliphatic heterocycles. The van der Waals surface area contributed by atoms with Crippen LogP contribution in [0, 0.1) is 5.82 Å². The second-order valence-electron chi connectivity index (χ2n) is 8.64. The standard InChI is InChI=1S/C27H31FN4O2/c1-19(2)29-27(34)30-24-14-15-25(31(3)4)22(16-24)18-32(17-20-8-6-5-7-9-20)26(33)21-10-12-23(28)13-11-21/h5-16,19H,17-18H2,1-4H3,(H2,29,30,34). The molecule has 2 N–H and O–H groups in total. The number of hydrogen-bond donors (Lipinski definition) is 2. The molecule has 0 saturated heterocycles. The van der Waals surface area contributed by atoms with Crippen molar-refractivity contribution in [2.75, 3.05) is 24.3 Å². The minimum atomic E-state index is -0.389. The lowest BCUT2D eigenvalue weighted by Crippen LogP contribution is -2.34. The Bertz CT molecular complexity index is 1120. The molecule has 0 saturated carbocycles. The third-order valence-corrected chi connectivity index (χ3v) is 5.19. The Morgan fingerprint density at radius 1 is 0.912 bits per heavy atom. The summed E-state index contributed by atoms with van der Waals surface area (Å²) >= 11 is 0. The maximum absolute atomic E-state index is 13.4. The molecular formula is C27H31FN4O2. The van der Waals surface area contributed by atoms with Crippen molar-refractivity contribution in [2.24, 2.45) is 0 Å². The first-order valence-electron chi connectivity index (χ1n) is 11.2. The van der Waals surface area contributed by atoms with Gasteiger partial charge in [0.2, 0.25) is 0 Å². The molecule has 6 nitrogen and oxygen atoms in total. The van der Waals surface area contributed by atoms with Gasteiger partial charge < -0.3 is 20.4 Å². The van der Waals surface area contributed by atoms with Gasteiger partial charge in [0, 0.05) is 50.2 Å². The van der Waals surface area contributed by atoms with Crippen LogP contribution in [-0.2, 0) is 13.1 Å². The first-order valence-corrected chi connectivity index (χ1v) is 11.2. The van der Waals surface area contributed by atoms with E-state index in [2.05, 4.69) is 10.6 Å². The van der Waals surface area contributed by atoms with E-state index < -0.39 is 0 Å². The van der Waals surface area contributed by atoms with Crippen LogP contribution >= 0.6 is 0 Å². The lowest BCUT2D eigenvalue weighted by Gasteiger charge is -2.27. The Morgan fingerprint density at radius 2 is 1.59 bits per heavy atom. The van der Waals surface area contributed by atoms with Crippen LogP contribution in [0.2, 0.25) is 0 Å². The van der Waals surface area contributed by atoms with Crippen LogP contribution in [0.1, 0.15) is 35.3 Å². The van der Waals surface area contributed by atoms with Crippen molar-refractivity contribution in [2.45, 2.75) is 33.0 Å². The molecule has 0 aliphatic rings. The second kappa shape index (κ2) is 11.3. The van der Waals surface area contributed by atoms with E-state index in [0.29, 0.717) is 24.3 Å². The minimum absolute atomic E-state index is 0.00946. The van der Waals surface area contributed by atoms with Gasteiger partial charge in [0.1, 0.15) is 5.82 Å². The van der Waals surface area contributed by atoms with Crippen molar-refractivity contribution >= 4 is 23.3 Å². The Morgan fingerprint density at radius 3 is 2.21 bits per heavy atom. The summed E-state index contributed by atoms with van der Waals surface area (Å²) in [7, 11) is 3.86. The van der Waals surface area contributed by atoms with E-state index in [0.717, 1.165) is 16.8 Å². The predicted octanol–water partition coefficient (Wildman–Crippen LogP) is 5.26. The molecule has 3 aromatic rings. The smallest absolute Gasteiger partial charge is 0.319 e. The number of nitrogens with zero attached hydrogens (tertiary/aromatic N) is 2. The molecule has 34 heavy (non-hydrogen) atoms. The number of urea groups is 1. The molecule has 0 atom stereocenters. The first-order chi connectivity index (χ1) is 16.2. The summed E-state index contributed by atoms with van der Waals surface area (Å²) in [6.45, 7) is 4.47. The van der Waals surface area contributed by atoms with Crippen molar-refractivity contribution in [3.05, 3.63) is 95.3 Å². The minimum Gasteiger partial charge on any atom is -0.377 e. The zero-order valence-electron chi connectivity index (χ0n) is 20.0. The van der Waals surface area contributed by atoms with Gasteiger partial charge in [-0.3, -0.25) is 4.79 Å². The molecular weight excluding hydrogens is 431 g/mol. The van der Waals surface area contributed by atoms with Crippen molar-refractivity contribution in [3.63, 3.8) is 0 Å². The molecule has 0 aromatic heterocycles. The number of anilines is 2. The molecule has 0 aliphatic carbocycles. The second-order valence-corrected chi connectivity index (χ2v) is 8.64. The lowest BCUT2D eigenvalue weighted by atomic mass is 10.1. The normalized spacial score (nSPS) is 10.6. The first kappa shape index (κ1) is 24.8. The van der Waals surface area contributed by atoms with E-state index in [1.54, 1.807) is 4.90 Å². The predicted molar refractivity (Wildman–Crippen MR) is 134 cm³/mol. The summed E-state index contributed by atoms with van der Waals surface area (Å²) in [4.78, 5) is 29.3. The fourth-order valence-electron chi connectivity index (χ4n) is 3.64. The monoisotopic (exact) mass is 462 g/mol. The molecule has 7 heteroatoms. The Labute approximate surface area is 200 Å². The SMILES string of the molecule is CC(C)NC(=O)Nc1ccc(N(C)C)c(CN(Cc2ccccc2)C(=O)c2ccc(F)cc2)c1. The Hall–Kier alpha value is -3.87. The van der Waals surface area contributed by atoms with Crippen LogP contribution in [0.15, 0.2) is 72.8 Å². The van der Waals surface area contributed by atoms with Crippen LogP contribution in [0.25, 0.3) is 0 Å². The zero-order chi connectivity index (χ0) is 24.7. The summed E-state index contributed by atoms with van der Waals surface area (Å²) < 4.78 is 13.4. The average Bonchev–Trinajstić information content (AvgIpc) is 2.79. The van der Waals surface area contributed by atoms with Crippen molar-refractivity contribution in [3.8, 4) is 0 Å². The van der Waals surface area contributed by atoms with Crippen molar-refractivity contribution < 1.29 is 14.0 Å². The third-order valence-electron chi connectivity index (χ3n) is 5.19. The highest BCUT2D eigenvalue weighted by Gasteiger charge is 2.19. The summed E-state index contributed by atoms with van der Waals surface area (Å²) in [6, 6.07) is 20.6. The number of carbonyl (C=O) groups is 2. The van der Waals surface area contributed by atoms with E-state index >= 15 is 0 Å². The van der Waals surface area contributed by atoms with Crippen LogP contribution in [0.4, 0.5) is 20.6 Å². The maximum Gasteiger partial charge on any atom is 0.319 e. The van der Waals surface area contributed by atoms with Gasteiger partial charge in [0.15, 0.2) is 0 Å². The average molecular weight is 463 g/mol. The van der Waals surface area contributed by atoms with E-state index in [1.165, 1.54) is 24.3 Å². The maximum atomic E-state index is 13.4. The number of amides is 3. The quantitative estimate of drug-likeness (QED) is 0.480. The number of hydrogen-bond acceptors (Lipinski definition) is 3. The molecule has 3 rings (SSSR count). The molecule has 0 spiro atoms. The number of rotatable bonds is 8. The number of benzene rings is 3. The molecule has 0 heterocycles. The van der Waals surface area contributed by atoms with Gasteiger partial charge in [0.25, 0.3) is 5.91 Å². The number of halogens is 1. The zero-order valence-corrected chi connectivity index (χ0v) is 20.0. The van der Waals surface area contributed by atoms with Gasteiger partial charge in [-0.2, -0.15) is 0 Å². The van der Waals surface area contributed by atoms with Crippen molar-refractivity contribution in [1.29, 1.82) is 0 Å². The van der Waals surface area contributed by atoms with Gasteiger partial charge in [-0.25, -0.2) is 9.18 Å². The van der Waals surface area contributed by atoms with Crippen LogP contribution in [0.3, 0.4) is 0 Å². The summed E-state index contributed by atoms with van der Waals surface area (Å²) in [5.41, 5.74) is 3.83. The highest BCUT2D eigenvalue weighted by molar-refractivity contribution is 5.94. The van der Waals surface area contributed by atoms with Crippen LogP contribution in [-0.4, -0.2) is 37.0 Å². The van der Waals surface area contributed by atoms with Crippen LogP contribution < -0.4 is 15.5 Å². The van der Waals surface area contributed by atoms with Gasteiger partial charge in [-0.05, 0) is 67.4 Å². The molecule has 178 valence electrons. The summed E-state index contributed by atoms with van der Waals surface area (Å²) in [5, 5.41) is 5.67. The fraction of sp³-hybridized carbons (Fsp3) is 0.259. The van der Waals surface area contributed by atoms with Crippen molar-refractivity contribution in [1.82, 2.24) is 10.2 Å². The van der Waals surface area contributed by atoms with Gasteiger partial charge >= 0.3 is 6.03 Å². The highest BCUT2D eigenvalue weighted by atomic mass is 19.1. The lowest BCUT2D eigenvalue weighted by molar-refractivity contribution is 0.0730.